The van der Waals surface area contributed by atoms with Gasteiger partial charge >= 0.3 is 0 Å². The normalized spacial score (nSPS) is 16.4. The lowest BCUT2D eigenvalue weighted by atomic mass is 9.89. The molecular weight excluding hydrogens is 452 g/mol. The summed E-state index contributed by atoms with van der Waals surface area (Å²) < 4.78 is 12.4. The van der Waals surface area contributed by atoms with Crippen LogP contribution in [0, 0.1) is 5.92 Å². The molecule has 0 unspecified atom stereocenters. The van der Waals surface area contributed by atoms with Gasteiger partial charge in [-0.25, -0.2) is 10.4 Å². The third-order valence-corrected chi connectivity index (χ3v) is 7.24. The molecule has 0 saturated carbocycles. The summed E-state index contributed by atoms with van der Waals surface area (Å²) in [6.07, 6.45) is 6.82. The lowest BCUT2D eigenvalue weighted by Crippen LogP contribution is -2.34. The third kappa shape index (κ3) is 4.84. The molecule has 0 spiro atoms. The molecular formula is C25H30N4O4S. The van der Waals surface area contributed by atoms with Crippen molar-refractivity contribution in [3.63, 3.8) is 0 Å². The fraction of sp³-hybridized carbons (Fsp3) is 0.440. The molecule has 2 heterocycles. The molecule has 0 radical (unpaired) electrons. The van der Waals surface area contributed by atoms with Gasteiger partial charge in [0.1, 0.15) is 10.9 Å². The zero-order valence-electron chi connectivity index (χ0n) is 20.0. The van der Waals surface area contributed by atoms with Crippen LogP contribution in [0.25, 0.3) is 10.2 Å². The second kappa shape index (κ2) is 10.4. The van der Waals surface area contributed by atoms with E-state index < -0.39 is 11.9 Å². The summed E-state index contributed by atoms with van der Waals surface area (Å²) in [4.78, 5) is 32.5. The summed E-state index contributed by atoms with van der Waals surface area (Å²) in [5, 5.41) is 4.72. The van der Waals surface area contributed by atoms with Gasteiger partial charge < -0.3 is 9.47 Å². The topological polar surface area (TPSA) is 94.8 Å². The predicted octanol–water partition coefficient (Wildman–Crippen LogP) is 4.09. The summed E-state index contributed by atoms with van der Waals surface area (Å²) in [6, 6.07) is 4.67. The molecule has 180 valence electrons. The quantitative estimate of drug-likeness (QED) is 0.385. The highest BCUT2D eigenvalue weighted by atomic mass is 32.1. The average Bonchev–Trinajstić information content (AvgIpc) is 3.21. The van der Waals surface area contributed by atoms with Gasteiger partial charge in [-0.2, -0.15) is 5.10 Å². The van der Waals surface area contributed by atoms with Crippen LogP contribution in [0.2, 0.25) is 0 Å². The lowest BCUT2D eigenvalue weighted by Gasteiger charge is -2.18. The Labute approximate surface area is 202 Å². The largest absolute Gasteiger partial charge is 0.493 e. The zero-order valence-corrected chi connectivity index (χ0v) is 20.8. The standard InChI is InChI=1S/C25H30N4O4S/c1-5-10-33-19-9-7-17(12-20(19)32-4)13-27-28-23(30)16(3)29-14-26-24-22(25(29)31)18-8-6-15(2)11-21(18)34-24/h7,9,12-16H,5-6,8,10-11H2,1-4H3,(H,28,30)/b27-13-/t15-,16-/m0/s1. The maximum atomic E-state index is 13.2. The van der Waals surface area contributed by atoms with E-state index in [0.29, 0.717) is 29.4 Å². The molecule has 1 aliphatic carbocycles. The first-order valence-electron chi connectivity index (χ1n) is 11.6. The van der Waals surface area contributed by atoms with Crippen LogP contribution >= 0.6 is 11.3 Å². The number of nitrogens with zero attached hydrogens (tertiary/aromatic N) is 3. The molecule has 34 heavy (non-hydrogen) atoms. The Morgan fingerprint density at radius 1 is 1.41 bits per heavy atom. The number of rotatable bonds is 8. The minimum atomic E-state index is -0.751. The molecule has 3 aromatic rings. The third-order valence-electron chi connectivity index (χ3n) is 6.08. The van der Waals surface area contributed by atoms with E-state index in [1.54, 1.807) is 31.4 Å². The summed E-state index contributed by atoms with van der Waals surface area (Å²) in [5.74, 6) is 1.47. The molecule has 0 saturated heterocycles. The Morgan fingerprint density at radius 2 is 2.24 bits per heavy atom. The van der Waals surface area contributed by atoms with E-state index in [1.165, 1.54) is 22.0 Å². The zero-order chi connectivity index (χ0) is 24.2. The number of hydrogen-bond acceptors (Lipinski definition) is 7. The summed E-state index contributed by atoms with van der Waals surface area (Å²) in [5.41, 5.74) is 4.21. The molecule has 2 atom stereocenters. The van der Waals surface area contributed by atoms with Crippen molar-refractivity contribution in [1.29, 1.82) is 0 Å². The first-order chi connectivity index (χ1) is 16.4. The SMILES string of the molecule is CCCOc1ccc(/C=N\NC(=O)[C@H](C)n2cnc3sc4c(c3c2=O)CC[C@H](C)C4)cc1OC. The Kier molecular flexibility index (Phi) is 7.31. The number of ether oxygens (including phenoxy) is 2. The molecule has 0 fully saturated rings. The van der Waals surface area contributed by atoms with E-state index in [9.17, 15) is 9.59 Å². The molecule has 0 bridgehead atoms. The highest BCUT2D eigenvalue weighted by Crippen LogP contribution is 2.35. The van der Waals surface area contributed by atoms with E-state index in [1.807, 2.05) is 19.1 Å². The summed E-state index contributed by atoms with van der Waals surface area (Å²) >= 11 is 1.60. The molecule has 9 heteroatoms. The van der Waals surface area contributed by atoms with Crippen molar-refractivity contribution in [2.45, 2.75) is 52.5 Å². The van der Waals surface area contributed by atoms with Crippen molar-refractivity contribution in [3.05, 3.63) is 50.9 Å². The number of carbonyl (C=O) groups excluding carboxylic acids is 1. The van der Waals surface area contributed by atoms with E-state index in [0.717, 1.165) is 41.6 Å². The van der Waals surface area contributed by atoms with Crippen molar-refractivity contribution in [2.24, 2.45) is 11.0 Å². The maximum Gasteiger partial charge on any atom is 0.263 e. The van der Waals surface area contributed by atoms with Crippen LogP contribution < -0.4 is 20.5 Å². The number of fused-ring (bicyclic) bond motifs is 3. The number of thiophene rings is 1. The maximum absolute atomic E-state index is 13.2. The number of benzene rings is 1. The smallest absolute Gasteiger partial charge is 0.263 e. The molecule has 2 aromatic heterocycles. The molecule has 8 nitrogen and oxygen atoms in total. The Balaban J connectivity index is 1.48. The highest BCUT2D eigenvalue weighted by Gasteiger charge is 2.25. The number of methoxy groups -OCH3 is 1. The number of hydrazone groups is 1. The first-order valence-corrected chi connectivity index (χ1v) is 12.4. The summed E-state index contributed by atoms with van der Waals surface area (Å²) in [7, 11) is 1.58. The van der Waals surface area contributed by atoms with Gasteiger partial charge in [0.15, 0.2) is 11.5 Å². The van der Waals surface area contributed by atoms with E-state index >= 15 is 0 Å². The molecule has 1 N–H and O–H groups in total. The van der Waals surface area contributed by atoms with Gasteiger partial charge in [-0.05, 0) is 67.9 Å². The Bertz CT molecular complexity index is 1280. The lowest BCUT2D eigenvalue weighted by molar-refractivity contribution is -0.123. The average molecular weight is 483 g/mol. The van der Waals surface area contributed by atoms with Crippen LogP contribution in [0.1, 0.15) is 55.7 Å². The van der Waals surface area contributed by atoms with Crippen molar-refractivity contribution in [1.82, 2.24) is 15.0 Å². The van der Waals surface area contributed by atoms with Crippen molar-refractivity contribution in [2.75, 3.05) is 13.7 Å². The number of hydrogen-bond donors (Lipinski definition) is 1. The molecule has 1 aromatic carbocycles. The monoisotopic (exact) mass is 482 g/mol. The van der Waals surface area contributed by atoms with Gasteiger partial charge in [0.05, 0.1) is 31.6 Å². The number of amides is 1. The van der Waals surface area contributed by atoms with Gasteiger partial charge in [0.2, 0.25) is 0 Å². The van der Waals surface area contributed by atoms with E-state index in [2.05, 4.69) is 22.4 Å². The predicted molar refractivity (Wildman–Crippen MR) is 134 cm³/mol. The second-order valence-corrected chi connectivity index (χ2v) is 9.74. The van der Waals surface area contributed by atoms with Crippen LogP contribution in [-0.2, 0) is 17.6 Å². The highest BCUT2D eigenvalue weighted by molar-refractivity contribution is 7.18. The summed E-state index contributed by atoms with van der Waals surface area (Å²) in [6.45, 7) is 6.54. The molecule has 1 amide bonds. The Morgan fingerprint density at radius 3 is 3.00 bits per heavy atom. The fourth-order valence-electron chi connectivity index (χ4n) is 4.11. The van der Waals surface area contributed by atoms with Gasteiger partial charge in [-0.3, -0.25) is 14.2 Å². The van der Waals surface area contributed by atoms with E-state index in [-0.39, 0.29) is 5.56 Å². The van der Waals surface area contributed by atoms with Crippen LogP contribution in [0.5, 0.6) is 11.5 Å². The minimum absolute atomic E-state index is 0.170. The minimum Gasteiger partial charge on any atom is -0.493 e. The fourth-order valence-corrected chi connectivity index (χ4v) is 5.45. The van der Waals surface area contributed by atoms with Gasteiger partial charge in [0, 0.05) is 4.88 Å². The van der Waals surface area contributed by atoms with Crippen molar-refractivity contribution >= 4 is 33.7 Å². The molecule has 4 rings (SSSR count). The number of aryl methyl sites for hydroxylation is 1. The van der Waals surface area contributed by atoms with Gasteiger partial charge in [0.25, 0.3) is 11.5 Å². The second-order valence-electron chi connectivity index (χ2n) is 8.66. The molecule has 0 aliphatic heterocycles. The number of carbonyl (C=O) groups is 1. The van der Waals surface area contributed by atoms with Crippen molar-refractivity contribution in [3.8, 4) is 11.5 Å². The van der Waals surface area contributed by atoms with E-state index in [4.69, 9.17) is 9.47 Å². The van der Waals surface area contributed by atoms with Gasteiger partial charge in [-0.1, -0.05) is 13.8 Å². The molecule has 1 aliphatic rings. The van der Waals surface area contributed by atoms with Crippen molar-refractivity contribution < 1.29 is 14.3 Å². The van der Waals surface area contributed by atoms with Crippen LogP contribution in [-0.4, -0.2) is 35.4 Å². The Hall–Kier alpha value is -3.20. The van der Waals surface area contributed by atoms with Gasteiger partial charge in [-0.15, -0.1) is 11.3 Å². The van der Waals surface area contributed by atoms with Crippen LogP contribution in [0.15, 0.2) is 34.4 Å². The van der Waals surface area contributed by atoms with Crippen LogP contribution in [0.3, 0.4) is 0 Å². The number of nitrogens with one attached hydrogen (secondary N) is 1. The van der Waals surface area contributed by atoms with Crippen LogP contribution in [0.4, 0.5) is 0 Å². The first kappa shape index (κ1) is 23.9. The number of aromatic nitrogens is 2.